The molecule has 0 spiro atoms. The molecule has 0 atom stereocenters. The van der Waals surface area contributed by atoms with Gasteiger partial charge in [-0.05, 0) is 24.6 Å². The van der Waals surface area contributed by atoms with Gasteiger partial charge < -0.3 is 11.5 Å². The van der Waals surface area contributed by atoms with Crippen LogP contribution in [-0.4, -0.2) is 0 Å². The third-order valence-corrected chi connectivity index (χ3v) is 1.71. The summed E-state index contributed by atoms with van der Waals surface area (Å²) >= 11 is 0. The third kappa shape index (κ3) is 1.47. The van der Waals surface area contributed by atoms with Crippen molar-refractivity contribution in [3.63, 3.8) is 0 Å². The molecule has 0 radical (unpaired) electrons. The Labute approximate surface area is 69.2 Å². The minimum atomic E-state index is -2.49. The van der Waals surface area contributed by atoms with Gasteiger partial charge in [0.1, 0.15) is 0 Å². The van der Waals surface area contributed by atoms with Crippen molar-refractivity contribution >= 4 is 11.4 Å². The number of aryl methyl sites for hydroxylation is 1. The standard InChI is InChI=1S/C8H10F2N2/c1-4-2-6(11)7(12)3-5(4)8(9)10/h2-3,8H,11-12H2,1H3. The first-order chi connectivity index (χ1) is 5.52. The predicted molar refractivity (Wildman–Crippen MR) is 45.0 cm³/mol. The first-order valence-corrected chi connectivity index (χ1v) is 3.46. The van der Waals surface area contributed by atoms with Gasteiger partial charge in [0.15, 0.2) is 0 Å². The molecule has 0 heterocycles. The van der Waals surface area contributed by atoms with Crippen LogP contribution in [0.5, 0.6) is 0 Å². The lowest BCUT2D eigenvalue weighted by atomic mass is 10.1. The zero-order valence-electron chi connectivity index (χ0n) is 6.64. The van der Waals surface area contributed by atoms with Crippen LogP contribution >= 0.6 is 0 Å². The number of anilines is 2. The highest BCUT2D eigenvalue weighted by atomic mass is 19.3. The Kier molecular flexibility index (Phi) is 2.17. The molecule has 0 saturated heterocycles. The van der Waals surface area contributed by atoms with Gasteiger partial charge in [-0.1, -0.05) is 0 Å². The molecule has 12 heavy (non-hydrogen) atoms. The number of nitrogens with two attached hydrogens (primary N) is 2. The van der Waals surface area contributed by atoms with Crippen molar-refractivity contribution in [2.24, 2.45) is 0 Å². The van der Waals surface area contributed by atoms with Crippen molar-refractivity contribution in [3.05, 3.63) is 23.3 Å². The van der Waals surface area contributed by atoms with E-state index in [0.29, 0.717) is 11.3 Å². The van der Waals surface area contributed by atoms with E-state index in [1.54, 1.807) is 6.92 Å². The average molecular weight is 172 g/mol. The molecule has 1 aromatic rings. The van der Waals surface area contributed by atoms with Gasteiger partial charge >= 0.3 is 0 Å². The number of hydrogen-bond donors (Lipinski definition) is 2. The Balaban J connectivity index is 3.23. The van der Waals surface area contributed by atoms with Crippen LogP contribution in [0.1, 0.15) is 17.6 Å². The van der Waals surface area contributed by atoms with E-state index in [-0.39, 0.29) is 11.3 Å². The lowest BCUT2D eigenvalue weighted by Crippen LogP contribution is -1.98. The summed E-state index contributed by atoms with van der Waals surface area (Å²) in [6, 6.07) is 2.67. The fourth-order valence-electron chi connectivity index (χ4n) is 1.000. The van der Waals surface area contributed by atoms with Gasteiger partial charge in [-0.3, -0.25) is 0 Å². The molecule has 0 unspecified atom stereocenters. The van der Waals surface area contributed by atoms with Crippen LogP contribution in [0.2, 0.25) is 0 Å². The Bertz CT molecular complexity index is 297. The van der Waals surface area contributed by atoms with E-state index in [2.05, 4.69) is 0 Å². The Morgan fingerprint density at radius 2 is 1.67 bits per heavy atom. The fraction of sp³-hybridized carbons (Fsp3) is 0.250. The molecule has 4 heteroatoms. The molecular weight excluding hydrogens is 162 g/mol. The van der Waals surface area contributed by atoms with Crippen molar-refractivity contribution in [1.82, 2.24) is 0 Å². The van der Waals surface area contributed by atoms with E-state index in [0.717, 1.165) is 0 Å². The van der Waals surface area contributed by atoms with Gasteiger partial charge in [0, 0.05) is 5.56 Å². The van der Waals surface area contributed by atoms with Gasteiger partial charge in [-0.2, -0.15) is 0 Å². The zero-order valence-corrected chi connectivity index (χ0v) is 6.64. The molecule has 66 valence electrons. The fourth-order valence-corrected chi connectivity index (χ4v) is 1.000. The lowest BCUT2D eigenvalue weighted by molar-refractivity contribution is 0.150. The summed E-state index contributed by atoms with van der Waals surface area (Å²) in [5.41, 5.74) is 11.8. The minimum Gasteiger partial charge on any atom is -0.397 e. The highest BCUT2D eigenvalue weighted by molar-refractivity contribution is 5.65. The molecule has 0 saturated carbocycles. The number of nitrogen functional groups attached to an aromatic ring is 2. The molecular formula is C8H10F2N2. The first kappa shape index (κ1) is 8.77. The Hall–Kier alpha value is -1.32. The van der Waals surface area contributed by atoms with Crippen molar-refractivity contribution < 1.29 is 8.78 Å². The van der Waals surface area contributed by atoms with Crippen molar-refractivity contribution in [3.8, 4) is 0 Å². The summed E-state index contributed by atoms with van der Waals surface area (Å²) < 4.78 is 24.5. The van der Waals surface area contributed by atoms with Crippen LogP contribution in [0.3, 0.4) is 0 Å². The molecule has 2 nitrogen and oxygen atoms in total. The molecule has 1 aromatic carbocycles. The van der Waals surface area contributed by atoms with Gasteiger partial charge in [-0.15, -0.1) is 0 Å². The number of rotatable bonds is 1. The third-order valence-electron chi connectivity index (χ3n) is 1.71. The van der Waals surface area contributed by atoms with Crippen molar-refractivity contribution in [2.75, 3.05) is 11.5 Å². The highest BCUT2D eigenvalue weighted by Crippen LogP contribution is 2.27. The Morgan fingerprint density at radius 1 is 1.17 bits per heavy atom. The SMILES string of the molecule is Cc1cc(N)c(N)cc1C(F)F. The maximum Gasteiger partial charge on any atom is 0.264 e. The Morgan fingerprint density at radius 3 is 2.17 bits per heavy atom. The van der Waals surface area contributed by atoms with E-state index < -0.39 is 6.43 Å². The summed E-state index contributed by atoms with van der Waals surface area (Å²) in [4.78, 5) is 0. The molecule has 0 aliphatic heterocycles. The predicted octanol–water partition coefficient (Wildman–Crippen LogP) is 2.10. The highest BCUT2D eigenvalue weighted by Gasteiger charge is 2.11. The van der Waals surface area contributed by atoms with Gasteiger partial charge in [-0.25, -0.2) is 8.78 Å². The molecule has 0 amide bonds. The van der Waals surface area contributed by atoms with Gasteiger partial charge in [0.05, 0.1) is 11.4 Å². The summed E-state index contributed by atoms with van der Waals surface area (Å²) in [5, 5.41) is 0. The summed E-state index contributed by atoms with van der Waals surface area (Å²) in [6.45, 7) is 1.58. The van der Waals surface area contributed by atoms with Crippen LogP contribution in [-0.2, 0) is 0 Å². The topological polar surface area (TPSA) is 52.0 Å². The van der Waals surface area contributed by atoms with Crippen LogP contribution < -0.4 is 11.5 Å². The maximum absolute atomic E-state index is 12.2. The molecule has 0 aromatic heterocycles. The number of hydrogen-bond acceptors (Lipinski definition) is 2. The number of alkyl halides is 2. The second kappa shape index (κ2) is 2.97. The lowest BCUT2D eigenvalue weighted by Gasteiger charge is -2.07. The normalized spacial score (nSPS) is 10.7. The van der Waals surface area contributed by atoms with Gasteiger partial charge in [0.2, 0.25) is 0 Å². The van der Waals surface area contributed by atoms with Crippen molar-refractivity contribution in [1.29, 1.82) is 0 Å². The first-order valence-electron chi connectivity index (χ1n) is 3.46. The van der Waals surface area contributed by atoms with Gasteiger partial charge in [0.25, 0.3) is 6.43 Å². The maximum atomic E-state index is 12.2. The quantitative estimate of drug-likeness (QED) is 0.637. The summed E-state index contributed by atoms with van der Waals surface area (Å²) in [5.74, 6) is 0. The molecule has 0 fully saturated rings. The van der Waals surface area contributed by atoms with Crippen LogP contribution in [0.25, 0.3) is 0 Å². The molecule has 0 bridgehead atoms. The summed E-state index contributed by atoms with van der Waals surface area (Å²) in [7, 11) is 0. The van der Waals surface area contributed by atoms with Crippen molar-refractivity contribution in [2.45, 2.75) is 13.3 Å². The van der Waals surface area contributed by atoms with E-state index >= 15 is 0 Å². The smallest absolute Gasteiger partial charge is 0.264 e. The zero-order chi connectivity index (χ0) is 9.30. The van der Waals surface area contributed by atoms with E-state index in [4.69, 9.17) is 11.5 Å². The second-order valence-corrected chi connectivity index (χ2v) is 2.64. The monoisotopic (exact) mass is 172 g/mol. The molecule has 4 N–H and O–H groups in total. The average Bonchev–Trinajstić information content (AvgIpc) is 1.96. The molecule has 0 aliphatic rings. The largest absolute Gasteiger partial charge is 0.397 e. The van der Waals surface area contributed by atoms with Crippen LogP contribution in [0, 0.1) is 6.92 Å². The second-order valence-electron chi connectivity index (χ2n) is 2.64. The number of halogens is 2. The minimum absolute atomic E-state index is 0.0540. The number of benzene rings is 1. The van der Waals surface area contributed by atoms with E-state index in [9.17, 15) is 8.78 Å². The molecule has 0 aliphatic carbocycles. The summed E-state index contributed by atoms with van der Waals surface area (Å²) in [6.07, 6.45) is -2.49. The van der Waals surface area contributed by atoms with E-state index in [1.807, 2.05) is 0 Å². The van der Waals surface area contributed by atoms with Crippen LogP contribution in [0.15, 0.2) is 12.1 Å². The molecule has 1 rings (SSSR count). The van der Waals surface area contributed by atoms with Crippen LogP contribution in [0.4, 0.5) is 20.2 Å². The van der Waals surface area contributed by atoms with E-state index in [1.165, 1.54) is 12.1 Å².